The first-order valence-electron chi connectivity index (χ1n) is 16.0. The number of carbonyl (C=O) groups is 1. The van der Waals surface area contributed by atoms with Crippen molar-refractivity contribution in [1.82, 2.24) is 14.4 Å². The van der Waals surface area contributed by atoms with Gasteiger partial charge in [-0.25, -0.2) is 0 Å². The van der Waals surface area contributed by atoms with Gasteiger partial charge in [-0.2, -0.15) is 5.26 Å². The highest BCUT2D eigenvalue weighted by atomic mass is 16.5. The van der Waals surface area contributed by atoms with Crippen LogP contribution in [0.3, 0.4) is 0 Å². The Kier molecular flexibility index (Phi) is 10.4. The first kappa shape index (κ1) is 31.3. The number of unbranched alkanes of at least 4 members (excludes halogenated alkanes) is 1. The average molecular weight is 561 g/mol. The molecule has 0 N–H and O–H groups in total. The molecule has 2 aliphatic carbocycles. The average Bonchev–Trinajstić information content (AvgIpc) is 3.09. The number of aromatic nitrogens is 1. The van der Waals surface area contributed by atoms with Gasteiger partial charge in [-0.1, -0.05) is 34.1 Å². The maximum atomic E-state index is 14.0. The van der Waals surface area contributed by atoms with E-state index in [2.05, 4.69) is 61.3 Å². The third kappa shape index (κ3) is 6.27. The first-order valence-corrected chi connectivity index (χ1v) is 16.0. The van der Waals surface area contributed by atoms with E-state index >= 15 is 0 Å². The zero-order chi connectivity index (χ0) is 29.7. The van der Waals surface area contributed by atoms with Gasteiger partial charge in [0.05, 0.1) is 6.07 Å². The van der Waals surface area contributed by atoms with E-state index in [9.17, 15) is 10.1 Å². The van der Waals surface area contributed by atoms with Crippen LogP contribution in [0, 0.1) is 11.3 Å². The van der Waals surface area contributed by atoms with Crippen LogP contribution in [0.2, 0.25) is 0 Å². The standard InChI is InChI=1S/C35H52N4O2/c1-8-10-13-28(39-18-11-14-27(17-20-39)38(9-2)19-12-21-41-7)23-30-25(3)33(40)32-29-16-15-26(24-36)22-31(29)37(6)34(32)35(30,4)5/h22-23,27H,8-21H2,1-7H3/b28-23+. The fraction of sp³-hybridized carbons (Fsp3) is 0.657. The summed E-state index contributed by atoms with van der Waals surface area (Å²) in [5, 5.41) is 9.55. The number of fused-ring (bicyclic) bond motifs is 3. The molecule has 0 amide bonds. The largest absolute Gasteiger partial charge is 0.385 e. The van der Waals surface area contributed by atoms with Crippen molar-refractivity contribution in [2.45, 2.75) is 104 Å². The van der Waals surface area contributed by atoms with Crippen molar-refractivity contribution >= 4 is 11.9 Å². The summed E-state index contributed by atoms with van der Waals surface area (Å²) in [5.41, 5.74) is 8.04. The summed E-state index contributed by atoms with van der Waals surface area (Å²) >= 11 is 0. The van der Waals surface area contributed by atoms with Crippen molar-refractivity contribution in [2.24, 2.45) is 7.05 Å². The highest BCUT2D eigenvalue weighted by molar-refractivity contribution is 6.13. The third-order valence-corrected chi connectivity index (χ3v) is 9.80. The molecule has 3 aliphatic rings. The molecule has 1 unspecified atom stereocenters. The van der Waals surface area contributed by atoms with E-state index in [1.165, 1.54) is 25.0 Å². The molecule has 1 aromatic rings. The van der Waals surface area contributed by atoms with Crippen LogP contribution in [0.15, 0.2) is 28.5 Å². The molecular weight excluding hydrogens is 508 g/mol. The third-order valence-electron chi connectivity index (χ3n) is 9.80. The quantitative estimate of drug-likeness (QED) is 0.274. The first-order chi connectivity index (χ1) is 19.7. The van der Waals surface area contributed by atoms with E-state index in [4.69, 9.17) is 4.74 Å². The van der Waals surface area contributed by atoms with Gasteiger partial charge in [0.25, 0.3) is 0 Å². The highest BCUT2D eigenvalue weighted by Crippen LogP contribution is 2.46. The van der Waals surface area contributed by atoms with Crippen molar-refractivity contribution < 1.29 is 9.53 Å². The Morgan fingerprint density at radius 1 is 1.22 bits per heavy atom. The van der Waals surface area contributed by atoms with E-state index in [1.807, 2.05) is 13.0 Å². The number of nitriles is 1. The summed E-state index contributed by atoms with van der Waals surface area (Å²) in [7, 11) is 3.86. The number of methoxy groups -OCH3 is 1. The molecule has 1 aromatic heterocycles. The number of hydrogen-bond acceptors (Lipinski definition) is 5. The molecule has 41 heavy (non-hydrogen) atoms. The molecule has 1 aliphatic heterocycles. The SMILES string of the molecule is CCCC/C(=C\C1=C(C)C(=O)c2c3c(n(C)c2C1(C)C)C=C(C#N)CC3)N1CCCC(N(CC)CCCOC)CC1. The van der Waals surface area contributed by atoms with Crippen LogP contribution in [0.5, 0.6) is 0 Å². The number of Topliss-reactive ketones (excluding diaryl/α,β-unsaturated/α-hetero) is 1. The van der Waals surface area contributed by atoms with Crippen LogP contribution < -0.4 is 0 Å². The summed E-state index contributed by atoms with van der Waals surface area (Å²) in [4.78, 5) is 19.3. The van der Waals surface area contributed by atoms with Crippen molar-refractivity contribution in [2.75, 3.05) is 39.9 Å². The van der Waals surface area contributed by atoms with Crippen LogP contribution in [-0.2, 0) is 23.6 Å². The highest BCUT2D eigenvalue weighted by Gasteiger charge is 2.42. The van der Waals surface area contributed by atoms with Gasteiger partial charge in [0.15, 0.2) is 5.78 Å². The molecule has 0 bridgehead atoms. The smallest absolute Gasteiger partial charge is 0.191 e. The molecule has 0 saturated carbocycles. The molecule has 0 spiro atoms. The molecule has 6 nitrogen and oxygen atoms in total. The maximum Gasteiger partial charge on any atom is 0.191 e. The Balaban J connectivity index is 1.66. The summed E-state index contributed by atoms with van der Waals surface area (Å²) in [6.07, 6.45) is 13.9. The fourth-order valence-electron chi connectivity index (χ4n) is 7.54. The Morgan fingerprint density at radius 2 is 2.00 bits per heavy atom. The lowest BCUT2D eigenvalue weighted by atomic mass is 9.70. The number of carbonyl (C=O) groups excluding carboxylic acids is 1. The van der Waals surface area contributed by atoms with Crippen LogP contribution in [0.4, 0.5) is 0 Å². The minimum Gasteiger partial charge on any atom is -0.385 e. The van der Waals surface area contributed by atoms with E-state index in [1.54, 1.807) is 7.11 Å². The van der Waals surface area contributed by atoms with Crippen molar-refractivity contribution in [3.8, 4) is 6.07 Å². The number of likely N-dealkylation sites (tertiary alicyclic amines) is 1. The lowest BCUT2D eigenvalue weighted by Crippen LogP contribution is -2.37. The minimum absolute atomic E-state index is 0.164. The van der Waals surface area contributed by atoms with Gasteiger partial charge in [-0.15, -0.1) is 0 Å². The maximum absolute atomic E-state index is 14.0. The van der Waals surface area contributed by atoms with Crippen LogP contribution in [-0.4, -0.2) is 66.1 Å². The predicted molar refractivity (Wildman–Crippen MR) is 168 cm³/mol. The lowest BCUT2D eigenvalue weighted by molar-refractivity contribution is 0.102. The second kappa shape index (κ2) is 13.6. The van der Waals surface area contributed by atoms with E-state index in [0.29, 0.717) is 12.5 Å². The van der Waals surface area contributed by atoms with Gasteiger partial charge in [-0.05, 0) is 88.1 Å². The minimum atomic E-state index is -0.313. The molecule has 224 valence electrons. The van der Waals surface area contributed by atoms with Gasteiger partial charge >= 0.3 is 0 Å². The number of rotatable bonds is 11. The van der Waals surface area contributed by atoms with Crippen molar-refractivity contribution in [1.29, 1.82) is 5.26 Å². The van der Waals surface area contributed by atoms with Crippen LogP contribution >= 0.6 is 0 Å². The number of ketones is 1. The Hall–Kier alpha value is -2.62. The van der Waals surface area contributed by atoms with E-state index in [-0.39, 0.29) is 11.2 Å². The van der Waals surface area contributed by atoms with Crippen LogP contribution in [0.1, 0.15) is 113 Å². The number of allylic oxidation sites excluding steroid dienone is 5. The van der Waals surface area contributed by atoms with Gasteiger partial charge < -0.3 is 19.1 Å². The van der Waals surface area contributed by atoms with Gasteiger partial charge in [-0.3, -0.25) is 4.79 Å². The lowest BCUT2D eigenvalue weighted by Gasteiger charge is -2.36. The summed E-state index contributed by atoms with van der Waals surface area (Å²) in [6.45, 7) is 16.3. The number of nitrogens with zero attached hydrogens (tertiary/aromatic N) is 4. The second-order valence-electron chi connectivity index (χ2n) is 12.7. The zero-order valence-electron chi connectivity index (χ0n) is 26.7. The van der Waals surface area contributed by atoms with Gasteiger partial charge in [0.1, 0.15) is 0 Å². The Labute approximate surface area is 248 Å². The Morgan fingerprint density at radius 3 is 2.68 bits per heavy atom. The molecule has 1 atom stereocenters. The van der Waals surface area contributed by atoms with Crippen molar-refractivity contribution in [3.63, 3.8) is 0 Å². The molecule has 0 radical (unpaired) electrons. The fourth-order valence-corrected chi connectivity index (χ4v) is 7.54. The zero-order valence-corrected chi connectivity index (χ0v) is 26.7. The molecular formula is C35H52N4O2. The summed E-state index contributed by atoms with van der Waals surface area (Å²) < 4.78 is 7.51. The number of hydrogen-bond donors (Lipinski definition) is 0. The Bertz CT molecular complexity index is 1260. The van der Waals surface area contributed by atoms with Crippen LogP contribution in [0.25, 0.3) is 6.08 Å². The molecule has 4 rings (SSSR count). The summed E-state index contributed by atoms with van der Waals surface area (Å²) in [6, 6.07) is 2.96. The van der Waals surface area contributed by atoms with Crippen molar-refractivity contribution in [3.05, 3.63) is 51.0 Å². The number of ether oxygens (including phenoxy) is 1. The molecule has 1 fully saturated rings. The van der Waals surface area contributed by atoms with E-state index < -0.39 is 0 Å². The predicted octanol–water partition coefficient (Wildman–Crippen LogP) is 6.96. The molecule has 6 heteroatoms. The summed E-state index contributed by atoms with van der Waals surface area (Å²) in [5.74, 6) is 0.164. The van der Waals surface area contributed by atoms with Gasteiger partial charge in [0, 0.05) is 85.7 Å². The topological polar surface area (TPSA) is 61.5 Å². The normalized spacial score (nSPS) is 21.0. The molecule has 0 aromatic carbocycles. The van der Waals surface area contributed by atoms with E-state index in [0.717, 1.165) is 104 Å². The van der Waals surface area contributed by atoms with Gasteiger partial charge in [0.2, 0.25) is 0 Å². The molecule has 1 saturated heterocycles. The second-order valence-corrected chi connectivity index (χ2v) is 12.7. The molecule has 2 heterocycles. The monoisotopic (exact) mass is 560 g/mol.